The fourth-order valence-electron chi connectivity index (χ4n) is 3.07. The Balaban J connectivity index is 1.90. The highest BCUT2D eigenvalue weighted by molar-refractivity contribution is 7.17. The molecule has 9 heteroatoms. The summed E-state index contributed by atoms with van der Waals surface area (Å²) in [5, 5.41) is 3.02. The van der Waals surface area contributed by atoms with Crippen LogP contribution in [0, 0.1) is 20.8 Å². The van der Waals surface area contributed by atoms with Gasteiger partial charge in [0.2, 0.25) is 0 Å². The van der Waals surface area contributed by atoms with Crippen molar-refractivity contribution in [3.8, 4) is 0 Å². The van der Waals surface area contributed by atoms with Gasteiger partial charge in [-0.2, -0.15) is 0 Å². The Labute approximate surface area is 189 Å². The monoisotopic (exact) mass is 465 g/mol. The molecule has 0 saturated carbocycles. The highest BCUT2D eigenvalue weighted by atomic mass is 32.1. The third-order valence-corrected chi connectivity index (χ3v) is 6.88. The van der Waals surface area contributed by atoms with Crippen molar-refractivity contribution in [2.75, 3.05) is 18.5 Å². The average molecular weight is 466 g/mol. The second-order valence-electron chi connectivity index (χ2n) is 6.89. The highest BCUT2D eigenvalue weighted by Crippen LogP contribution is 2.34. The van der Waals surface area contributed by atoms with Crippen molar-refractivity contribution >= 4 is 51.3 Å². The Bertz CT molecular complexity index is 989. The summed E-state index contributed by atoms with van der Waals surface area (Å²) in [4.78, 5) is 51.7. The van der Waals surface area contributed by atoms with Crippen LogP contribution < -0.4 is 5.32 Å². The standard InChI is InChI=1S/C22H27NO6S2/c1-6-17-13(4)20(22(27)28-7-2)21(31-17)23-18(25)11-29-19(26)9-8-16(24)15-10-12(3)30-14(15)5/h10H,6-9,11H2,1-5H3,(H,23,25). The molecule has 2 rings (SSSR count). The van der Waals surface area contributed by atoms with Crippen LogP contribution in [0.25, 0.3) is 0 Å². The topological polar surface area (TPSA) is 98.8 Å². The third kappa shape index (κ3) is 6.48. The largest absolute Gasteiger partial charge is 0.462 e. The van der Waals surface area contributed by atoms with Crippen molar-refractivity contribution in [3.63, 3.8) is 0 Å². The maximum Gasteiger partial charge on any atom is 0.341 e. The van der Waals surface area contributed by atoms with Gasteiger partial charge >= 0.3 is 11.9 Å². The molecule has 31 heavy (non-hydrogen) atoms. The molecule has 2 aromatic rings. The lowest BCUT2D eigenvalue weighted by molar-refractivity contribution is -0.147. The molecular formula is C22H27NO6S2. The molecule has 1 amide bonds. The number of amides is 1. The van der Waals surface area contributed by atoms with Gasteiger partial charge in [0.1, 0.15) is 5.00 Å². The van der Waals surface area contributed by atoms with E-state index in [4.69, 9.17) is 9.47 Å². The number of Topliss-reactive ketones (excluding diaryl/α,β-unsaturated/α-hetero) is 1. The smallest absolute Gasteiger partial charge is 0.341 e. The van der Waals surface area contributed by atoms with Gasteiger partial charge in [0, 0.05) is 26.6 Å². The lowest BCUT2D eigenvalue weighted by atomic mass is 10.1. The minimum atomic E-state index is -0.629. The second-order valence-corrected chi connectivity index (χ2v) is 9.45. The van der Waals surface area contributed by atoms with E-state index in [1.165, 1.54) is 22.7 Å². The van der Waals surface area contributed by atoms with Crippen LogP contribution >= 0.6 is 22.7 Å². The van der Waals surface area contributed by atoms with Crippen LogP contribution in [0.2, 0.25) is 0 Å². The zero-order chi connectivity index (χ0) is 23.1. The van der Waals surface area contributed by atoms with Crippen LogP contribution in [-0.2, 0) is 25.5 Å². The van der Waals surface area contributed by atoms with Crippen molar-refractivity contribution in [1.82, 2.24) is 0 Å². The molecule has 0 spiro atoms. The van der Waals surface area contributed by atoms with Crippen LogP contribution in [0.5, 0.6) is 0 Å². The normalized spacial score (nSPS) is 10.6. The Kier molecular flexibility index (Phi) is 8.94. The van der Waals surface area contributed by atoms with E-state index in [1.54, 1.807) is 6.92 Å². The van der Waals surface area contributed by atoms with Gasteiger partial charge in [-0.1, -0.05) is 6.92 Å². The van der Waals surface area contributed by atoms with Gasteiger partial charge in [-0.3, -0.25) is 14.4 Å². The first-order valence-corrected chi connectivity index (χ1v) is 11.7. The number of ether oxygens (including phenoxy) is 2. The second kappa shape index (κ2) is 11.2. The SMILES string of the molecule is CCOC(=O)c1c(NC(=O)COC(=O)CCC(=O)c2cc(C)sc2C)sc(CC)c1C. The molecule has 2 aromatic heterocycles. The number of carbonyl (C=O) groups excluding carboxylic acids is 4. The summed E-state index contributed by atoms with van der Waals surface area (Å²) in [7, 11) is 0. The van der Waals surface area contributed by atoms with Crippen LogP contribution in [0.4, 0.5) is 5.00 Å². The number of nitrogens with one attached hydrogen (secondary N) is 1. The summed E-state index contributed by atoms with van der Waals surface area (Å²) in [5.41, 5.74) is 1.73. The number of thiophene rings is 2. The molecule has 0 aliphatic carbocycles. The van der Waals surface area contributed by atoms with Crippen molar-refractivity contribution < 1.29 is 28.7 Å². The van der Waals surface area contributed by atoms with E-state index in [0.29, 0.717) is 22.5 Å². The van der Waals surface area contributed by atoms with Crippen molar-refractivity contribution in [2.45, 2.75) is 53.9 Å². The van der Waals surface area contributed by atoms with E-state index in [9.17, 15) is 19.2 Å². The lowest BCUT2D eigenvalue weighted by Gasteiger charge is -2.08. The molecule has 0 radical (unpaired) electrons. The summed E-state index contributed by atoms with van der Waals surface area (Å²) < 4.78 is 10.1. The number of esters is 2. The first kappa shape index (κ1) is 24.7. The molecule has 0 saturated heterocycles. The van der Waals surface area contributed by atoms with Gasteiger partial charge in [-0.05, 0) is 45.7 Å². The Morgan fingerprint density at radius 2 is 1.71 bits per heavy atom. The van der Waals surface area contributed by atoms with E-state index >= 15 is 0 Å². The average Bonchev–Trinajstić information content (AvgIpc) is 3.22. The van der Waals surface area contributed by atoms with E-state index in [-0.39, 0.29) is 25.2 Å². The summed E-state index contributed by atoms with van der Waals surface area (Å²) in [5.74, 6) is -1.81. The maximum absolute atomic E-state index is 12.3. The van der Waals surface area contributed by atoms with Crippen LogP contribution in [-0.4, -0.2) is 36.8 Å². The first-order valence-electron chi connectivity index (χ1n) is 10.0. The van der Waals surface area contributed by atoms with Gasteiger partial charge in [0.25, 0.3) is 5.91 Å². The molecular weight excluding hydrogens is 438 g/mol. The first-order chi connectivity index (χ1) is 14.7. The Morgan fingerprint density at radius 3 is 2.29 bits per heavy atom. The van der Waals surface area contributed by atoms with E-state index in [0.717, 1.165) is 20.2 Å². The number of rotatable bonds is 10. The van der Waals surface area contributed by atoms with Crippen LogP contribution in [0.1, 0.15) is 67.6 Å². The molecule has 7 nitrogen and oxygen atoms in total. The van der Waals surface area contributed by atoms with Crippen molar-refractivity contribution in [2.24, 2.45) is 0 Å². The summed E-state index contributed by atoms with van der Waals surface area (Å²) in [6.07, 6.45) is 0.631. The molecule has 168 valence electrons. The van der Waals surface area contributed by atoms with Gasteiger partial charge < -0.3 is 14.8 Å². The maximum atomic E-state index is 12.3. The lowest BCUT2D eigenvalue weighted by Crippen LogP contribution is -2.22. The molecule has 2 heterocycles. The van der Waals surface area contributed by atoms with Crippen LogP contribution in [0.15, 0.2) is 6.07 Å². The fourth-order valence-corrected chi connectivity index (χ4v) is 5.17. The molecule has 0 unspecified atom stereocenters. The summed E-state index contributed by atoms with van der Waals surface area (Å²) >= 11 is 2.84. The number of aryl methyl sites for hydroxylation is 3. The highest BCUT2D eigenvalue weighted by Gasteiger charge is 2.23. The molecule has 0 aliphatic rings. The minimum absolute atomic E-state index is 0.0223. The summed E-state index contributed by atoms with van der Waals surface area (Å²) in [6.45, 7) is 9.01. The fraction of sp³-hybridized carbons (Fsp3) is 0.455. The van der Waals surface area contributed by atoms with Gasteiger partial charge in [0.15, 0.2) is 12.4 Å². The predicted octanol–water partition coefficient (Wildman–Crippen LogP) is 4.62. The number of hydrogen-bond donors (Lipinski definition) is 1. The number of hydrogen-bond acceptors (Lipinski definition) is 8. The van der Waals surface area contributed by atoms with E-state index < -0.39 is 24.5 Å². The van der Waals surface area contributed by atoms with Gasteiger partial charge in [-0.15, -0.1) is 22.7 Å². The zero-order valence-corrected chi connectivity index (χ0v) is 20.0. The minimum Gasteiger partial charge on any atom is -0.462 e. The zero-order valence-electron chi connectivity index (χ0n) is 18.4. The quantitative estimate of drug-likeness (QED) is 0.406. The van der Waals surface area contributed by atoms with E-state index in [1.807, 2.05) is 33.8 Å². The van der Waals surface area contributed by atoms with Gasteiger partial charge in [-0.25, -0.2) is 4.79 Å². The van der Waals surface area contributed by atoms with Crippen molar-refractivity contribution in [3.05, 3.63) is 37.4 Å². The molecule has 0 atom stereocenters. The predicted molar refractivity (Wildman–Crippen MR) is 121 cm³/mol. The molecule has 0 bridgehead atoms. The van der Waals surface area contributed by atoms with Crippen LogP contribution in [0.3, 0.4) is 0 Å². The van der Waals surface area contributed by atoms with Crippen molar-refractivity contribution in [1.29, 1.82) is 0 Å². The number of ketones is 1. The summed E-state index contributed by atoms with van der Waals surface area (Å²) in [6, 6.07) is 1.82. The van der Waals surface area contributed by atoms with E-state index in [2.05, 4.69) is 5.32 Å². The molecule has 1 N–H and O–H groups in total. The Hall–Kier alpha value is -2.52. The molecule has 0 aliphatic heterocycles. The van der Waals surface area contributed by atoms with Gasteiger partial charge in [0.05, 0.1) is 18.6 Å². The number of anilines is 1. The Morgan fingerprint density at radius 1 is 1.00 bits per heavy atom. The molecule has 0 fully saturated rings. The number of carbonyl (C=O) groups is 4. The third-order valence-electron chi connectivity index (χ3n) is 4.56. The molecule has 0 aromatic carbocycles.